The molecule has 0 saturated heterocycles. The maximum Gasteiger partial charge on any atom is 0.243 e. The molecule has 0 bridgehead atoms. The highest BCUT2D eigenvalue weighted by Gasteiger charge is 2.23. The van der Waals surface area contributed by atoms with Gasteiger partial charge in [-0.3, -0.25) is 4.79 Å². The highest BCUT2D eigenvalue weighted by Crippen LogP contribution is 2.21. The van der Waals surface area contributed by atoms with E-state index in [-0.39, 0.29) is 15.5 Å². The molecule has 11 heteroatoms. The lowest BCUT2D eigenvalue weighted by atomic mass is 10.2. The van der Waals surface area contributed by atoms with Gasteiger partial charge in [-0.25, -0.2) is 21.6 Å². The summed E-state index contributed by atoms with van der Waals surface area (Å²) in [5.74, 6) is -0.597. The second kappa shape index (κ2) is 8.70. The van der Waals surface area contributed by atoms with Crippen LogP contribution in [0.4, 0.5) is 5.69 Å². The standard InChI is InChI=1S/C17H20BrN3O5S2/c1-12-4-7-14(10-16(12)27(23,24)19-2)20-17(22)11-21(3)28(25,26)15-8-5-13(18)6-9-15/h4-10,19H,11H2,1-3H3,(H,20,22). The molecule has 0 unspecified atom stereocenters. The fourth-order valence-corrected chi connectivity index (χ4v) is 4.74. The van der Waals surface area contributed by atoms with Crippen molar-refractivity contribution in [3.05, 3.63) is 52.5 Å². The average molecular weight is 490 g/mol. The summed E-state index contributed by atoms with van der Waals surface area (Å²) in [6, 6.07) is 10.5. The first-order valence-corrected chi connectivity index (χ1v) is 11.7. The number of rotatable bonds is 7. The Balaban J connectivity index is 2.16. The van der Waals surface area contributed by atoms with E-state index >= 15 is 0 Å². The molecule has 0 aliphatic rings. The Bertz CT molecular complexity index is 1080. The Morgan fingerprint density at radius 1 is 1.07 bits per heavy atom. The molecule has 0 atom stereocenters. The summed E-state index contributed by atoms with van der Waals surface area (Å²) in [6.45, 7) is 1.20. The number of sulfonamides is 2. The summed E-state index contributed by atoms with van der Waals surface area (Å²) in [5.41, 5.74) is 0.765. The predicted octanol–water partition coefficient (Wildman–Crippen LogP) is 1.92. The molecule has 0 saturated carbocycles. The number of benzene rings is 2. The van der Waals surface area contributed by atoms with Gasteiger partial charge < -0.3 is 5.32 Å². The molecule has 1 amide bonds. The molecule has 152 valence electrons. The molecule has 2 rings (SSSR count). The number of carbonyl (C=O) groups is 1. The molecule has 8 nitrogen and oxygen atoms in total. The molecular formula is C17H20BrN3O5S2. The maximum absolute atomic E-state index is 12.5. The zero-order valence-corrected chi connectivity index (χ0v) is 18.7. The lowest BCUT2D eigenvalue weighted by molar-refractivity contribution is -0.116. The van der Waals surface area contributed by atoms with Crippen molar-refractivity contribution in [2.45, 2.75) is 16.7 Å². The Morgan fingerprint density at radius 2 is 1.68 bits per heavy atom. The van der Waals surface area contributed by atoms with Gasteiger partial charge in [-0.2, -0.15) is 4.31 Å². The number of anilines is 1. The van der Waals surface area contributed by atoms with E-state index in [9.17, 15) is 21.6 Å². The molecule has 0 aliphatic carbocycles. The number of carbonyl (C=O) groups excluding carboxylic acids is 1. The normalized spacial score (nSPS) is 12.2. The number of hydrogen-bond donors (Lipinski definition) is 2. The second-order valence-electron chi connectivity index (χ2n) is 5.95. The van der Waals surface area contributed by atoms with Gasteiger partial charge in [-0.1, -0.05) is 22.0 Å². The van der Waals surface area contributed by atoms with Crippen LogP contribution in [0, 0.1) is 6.92 Å². The maximum atomic E-state index is 12.5. The number of hydrogen-bond acceptors (Lipinski definition) is 5. The molecular weight excluding hydrogens is 470 g/mol. The molecule has 0 fully saturated rings. The van der Waals surface area contributed by atoms with Gasteiger partial charge in [0, 0.05) is 17.2 Å². The van der Waals surface area contributed by atoms with Crippen molar-refractivity contribution in [2.75, 3.05) is 26.0 Å². The lowest BCUT2D eigenvalue weighted by Gasteiger charge is -2.17. The van der Waals surface area contributed by atoms with E-state index in [0.717, 1.165) is 8.78 Å². The largest absolute Gasteiger partial charge is 0.325 e. The van der Waals surface area contributed by atoms with Gasteiger partial charge >= 0.3 is 0 Å². The van der Waals surface area contributed by atoms with Crippen LogP contribution >= 0.6 is 15.9 Å². The van der Waals surface area contributed by atoms with Crippen molar-refractivity contribution in [2.24, 2.45) is 0 Å². The molecule has 2 aromatic rings. The van der Waals surface area contributed by atoms with Crippen molar-refractivity contribution in [1.82, 2.24) is 9.03 Å². The van der Waals surface area contributed by atoms with Crippen LogP contribution in [-0.2, 0) is 24.8 Å². The molecule has 0 aliphatic heterocycles. The predicted molar refractivity (Wildman–Crippen MR) is 110 cm³/mol. The van der Waals surface area contributed by atoms with Crippen molar-refractivity contribution in [1.29, 1.82) is 0 Å². The van der Waals surface area contributed by atoms with E-state index in [0.29, 0.717) is 5.56 Å². The van der Waals surface area contributed by atoms with E-state index in [1.807, 2.05) is 0 Å². The molecule has 2 aromatic carbocycles. The summed E-state index contributed by atoms with van der Waals surface area (Å²) < 4.78 is 53.0. The molecule has 0 aromatic heterocycles. The van der Waals surface area contributed by atoms with Gasteiger partial charge in [0.15, 0.2) is 0 Å². The zero-order valence-electron chi connectivity index (χ0n) is 15.4. The summed E-state index contributed by atoms with van der Waals surface area (Å²) in [7, 11) is -4.94. The van der Waals surface area contributed by atoms with E-state index in [2.05, 4.69) is 26.0 Å². The third-order valence-corrected chi connectivity index (χ3v) is 7.82. The third-order valence-electron chi connectivity index (χ3n) is 3.92. The third kappa shape index (κ3) is 5.17. The number of nitrogens with zero attached hydrogens (tertiary/aromatic N) is 1. The van der Waals surface area contributed by atoms with E-state index in [1.54, 1.807) is 31.2 Å². The molecule has 0 spiro atoms. The first-order valence-electron chi connectivity index (χ1n) is 8.03. The molecule has 0 heterocycles. The van der Waals surface area contributed by atoms with Crippen LogP contribution in [0.1, 0.15) is 5.56 Å². The van der Waals surface area contributed by atoms with Gasteiger partial charge in [0.05, 0.1) is 16.3 Å². The second-order valence-corrected chi connectivity index (χ2v) is 10.8. The fourth-order valence-electron chi connectivity index (χ4n) is 2.35. The molecule has 2 N–H and O–H groups in total. The monoisotopic (exact) mass is 489 g/mol. The number of aryl methyl sites for hydroxylation is 1. The van der Waals surface area contributed by atoms with E-state index in [1.165, 1.54) is 32.3 Å². The van der Waals surface area contributed by atoms with Gasteiger partial charge in [-0.05, 0) is 55.9 Å². The van der Waals surface area contributed by atoms with Crippen LogP contribution < -0.4 is 10.0 Å². The van der Waals surface area contributed by atoms with Crippen LogP contribution in [0.3, 0.4) is 0 Å². The van der Waals surface area contributed by atoms with Crippen LogP contribution in [0.25, 0.3) is 0 Å². The average Bonchev–Trinajstić information content (AvgIpc) is 2.63. The van der Waals surface area contributed by atoms with Gasteiger partial charge in [0.1, 0.15) is 0 Å². The minimum absolute atomic E-state index is 0.0311. The molecule has 28 heavy (non-hydrogen) atoms. The minimum Gasteiger partial charge on any atom is -0.325 e. The summed E-state index contributed by atoms with van der Waals surface area (Å²) >= 11 is 3.24. The van der Waals surface area contributed by atoms with Crippen LogP contribution in [-0.4, -0.2) is 47.7 Å². The fraction of sp³-hybridized carbons (Fsp3) is 0.235. The Morgan fingerprint density at radius 3 is 2.25 bits per heavy atom. The van der Waals surface area contributed by atoms with Crippen LogP contribution in [0.5, 0.6) is 0 Å². The van der Waals surface area contributed by atoms with E-state index < -0.39 is 32.5 Å². The summed E-state index contributed by atoms with van der Waals surface area (Å²) in [5, 5.41) is 2.52. The Labute approximate surface area is 173 Å². The van der Waals surface area contributed by atoms with Crippen LogP contribution in [0.15, 0.2) is 56.7 Å². The SMILES string of the molecule is CNS(=O)(=O)c1cc(NC(=O)CN(C)S(=O)(=O)c2ccc(Br)cc2)ccc1C. The summed E-state index contributed by atoms with van der Waals surface area (Å²) in [6.07, 6.45) is 0. The first-order chi connectivity index (χ1) is 13.0. The lowest BCUT2D eigenvalue weighted by Crippen LogP contribution is -2.35. The van der Waals surface area contributed by atoms with Gasteiger partial charge in [0.2, 0.25) is 26.0 Å². The number of halogens is 1. The number of likely N-dealkylation sites (N-methyl/N-ethyl adjacent to an activating group) is 1. The van der Waals surface area contributed by atoms with E-state index in [4.69, 9.17) is 0 Å². The smallest absolute Gasteiger partial charge is 0.243 e. The van der Waals surface area contributed by atoms with Crippen molar-refractivity contribution >= 4 is 47.6 Å². The summed E-state index contributed by atoms with van der Waals surface area (Å²) in [4.78, 5) is 12.4. The topological polar surface area (TPSA) is 113 Å². The highest BCUT2D eigenvalue weighted by molar-refractivity contribution is 9.10. The molecule has 0 radical (unpaired) electrons. The van der Waals surface area contributed by atoms with Crippen LogP contribution in [0.2, 0.25) is 0 Å². The minimum atomic E-state index is -3.84. The highest BCUT2D eigenvalue weighted by atomic mass is 79.9. The van der Waals surface area contributed by atoms with Gasteiger partial charge in [-0.15, -0.1) is 0 Å². The number of amides is 1. The van der Waals surface area contributed by atoms with Crippen molar-refractivity contribution < 1.29 is 21.6 Å². The van der Waals surface area contributed by atoms with Gasteiger partial charge in [0.25, 0.3) is 0 Å². The van der Waals surface area contributed by atoms with Crippen molar-refractivity contribution in [3.63, 3.8) is 0 Å². The van der Waals surface area contributed by atoms with Crippen molar-refractivity contribution in [3.8, 4) is 0 Å². The first kappa shape index (κ1) is 22.5. The zero-order chi connectivity index (χ0) is 21.1. The Kier molecular flexibility index (Phi) is 6.99. The Hall–Kier alpha value is -1.79. The number of nitrogens with one attached hydrogen (secondary N) is 2. The quantitative estimate of drug-likeness (QED) is 0.616.